The molecule has 0 aromatic heterocycles. The SMILES string of the molecule is CC(C)C(C)(C)C(O)(O)O. The quantitative estimate of drug-likeness (QED) is 0.493. The third kappa shape index (κ3) is 1.68. The number of aliphatic hydroxyl groups is 3. The molecule has 0 aromatic carbocycles. The second-order valence-electron chi connectivity index (χ2n) is 3.51. The molecule has 3 nitrogen and oxygen atoms in total. The molecule has 0 bridgehead atoms. The molecule has 0 amide bonds. The van der Waals surface area contributed by atoms with E-state index in [4.69, 9.17) is 15.3 Å². The largest absolute Gasteiger partial charge is 0.343 e. The number of hydrogen-bond donors (Lipinski definition) is 3. The van der Waals surface area contributed by atoms with Gasteiger partial charge >= 0.3 is 0 Å². The van der Waals surface area contributed by atoms with E-state index in [-0.39, 0.29) is 5.92 Å². The zero-order valence-corrected chi connectivity index (χ0v) is 6.92. The Bertz CT molecular complexity index is 111. The summed E-state index contributed by atoms with van der Waals surface area (Å²) in [7, 11) is 0. The maximum absolute atomic E-state index is 8.83. The topological polar surface area (TPSA) is 60.7 Å². The fourth-order valence-corrected chi connectivity index (χ4v) is 0.387. The Morgan fingerprint density at radius 2 is 1.30 bits per heavy atom. The van der Waals surface area contributed by atoms with Crippen LogP contribution in [0.15, 0.2) is 0 Å². The van der Waals surface area contributed by atoms with Gasteiger partial charge in [0.05, 0.1) is 0 Å². The van der Waals surface area contributed by atoms with Crippen molar-refractivity contribution in [2.75, 3.05) is 0 Å². The predicted octanol–water partition coefficient (Wildman–Crippen LogP) is 0.299. The van der Waals surface area contributed by atoms with E-state index in [0.29, 0.717) is 0 Å². The second-order valence-corrected chi connectivity index (χ2v) is 3.51. The third-order valence-corrected chi connectivity index (χ3v) is 2.31. The summed E-state index contributed by atoms with van der Waals surface area (Å²) >= 11 is 0. The van der Waals surface area contributed by atoms with Gasteiger partial charge in [-0.15, -0.1) is 0 Å². The number of rotatable bonds is 2. The third-order valence-electron chi connectivity index (χ3n) is 2.31. The van der Waals surface area contributed by atoms with Gasteiger partial charge in [-0.2, -0.15) is 0 Å². The van der Waals surface area contributed by atoms with E-state index < -0.39 is 11.4 Å². The highest BCUT2D eigenvalue weighted by molar-refractivity contribution is 4.78. The van der Waals surface area contributed by atoms with Crippen molar-refractivity contribution in [2.24, 2.45) is 11.3 Å². The molecule has 3 N–H and O–H groups in total. The van der Waals surface area contributed by atoms with Crippen LogP contribution in [0, 0.1) is 11.3 Å². The minimum absolute atomic E-state index is 0.00694. The fraction of sp³-hybridized carbons (Fsp3) is 1.00. The van der Waals surface area contributed by atoms with Gasteiger partial charge in [0.1, 0.15) is 0 Å². The molecule has 0 aliphatic heterocycles. The van der Waals surface area contributed by atoms with E-state index in [1.807, 2.05) is 13.8 Å². The molecule has 0 spiro atoms. The summed E-state index contributed by atoms with van der Waals surface area (Å²) in [6, 6.07) is 0. The Morgan fingerprint density at radius 1 is 1.00 bits per heavy atom. The smallest absolute Gasteiger partial charge is 0.280 e. The first-order valence-corrected chi connectivity index (χ1v) is 3.36. The number of hydrogen-bond acceptors (Lipinski definition) is 3. The van der Waals surface area contributed by atoms with Gasteiger partial charge < -0.3 is 15.3 Å². The summed E-state index contributed by atoms with van der Waals surface area (Å²) in [5.74, 6) is -2.58. The molecule has 0 rings (SSSR count). The van der Waals surface area contributed by atoms with Gasteiger partial charge in [0.15, 0.2) is 0 Å². The Morgan fingerprint density at radius 3 is 1.30 bits per heavy atom. The summed E-state index contributed by atoms with van der Waals surface area (Å²) in [6.07, 6.45) is 0. The lowest BCUT2D eigenvalue weighted by Gasteiger charge is -2.36. The van der Waals surface area contributed by atoms with Crippen LogP contribution in [0.25, 0.3) is 0 Å². The standard InChI is InChI=1S/C7H16O3/c1-5(2)6(3,4)7(8,9)10/h5,8-10H,1-4H3. The second kappa shape index (κ2) is 2.49. The highest BCUT2D eigenvalue weighted by atomic mass is 16.7. The zero-order valence-electron chi connectivity index (χ0n) is 6.92. The molecule has 0 aliphatic rings. The van der Waals surface area contributed by atoms with E-state index in [2.05, 4.69) is 0 Å². The summed E-state index contributed by atoms with van der Waals surface area (Å²) in [5, 5.41) is 26.5. The van der Waals surface area contributed by atoms with Crippen LogP contribution in [-0.2, 0) is 0 Å². The summed E-state index contributed by atoms with van der Waals surface area (Å²) < 4.78 is 0. The average molecular weight is 148 g/mol. The van der Waals surface area contributed by atoms with Crippen molar-refractivity contribution < 1.29 is 15.3 Å². The minimum Gasteiger partial charge on any atom is -0.343 e. The van der Waals surface area contributed by atoms with Gasteiger partial charge in [-0.1, -0.05) is 27.7 Å². The zero-order chi connectivity index (χ0) is 8.58. The predicted molar refractivity (Wildman–Crippen MR) is 38.0 cm³/mol. The monoisotopic (exact) mass is 148 g/mol. The van der Waals surface area contributed by atoms with Crippen molar-refractivity contribution >= 4 is 0 Å². The van der Waals surface area contributed by atoms with Crippen LogP contribution in [0.3, 0.4) is 0 Å². The normalized spacial score (nSPS) is 14.4. The molecule has 0 heterocycles. The Hall–Kier alpha value is -0.120. The summed E-state index contributed by atoms with van der Waals surface area (Å²) in [4.78, 5) is 0. The molecule has 0 atom stereocenters. The molecule has 0 saturated heterocycles. The van der Waals surface area contributed by atoms with Gasteiger partial charge in [-0.3, -0.25) is 0 Å². The Kier molecular flexibility index (Phi) is 2.46. The summed E-state index contributed by atoms with van der Waals surface area (Å²) in [6.45, 7) is 6.82. The van der Waals surface area contributed by atoms with Crippen LogP contribution in [0.2, 0.25) is 0 Å². The van der Waals surface area contributed by atoms with Gasteiger partial charge in [-0.25, -0.2) is 0 Å². The van der Waals surface area contributed by atoms with Gasteiger partial charge in [-0.05, 0) is 5.92 Å². The van der Waals surface area contributed by atoms with E-state index in [1.54, 1.807) is 13.8 Å². The first-order valence-electron chi connectivity index (χ1n) is 3.36. The molecule has 0 aliphatic carbocycles. The van der Waals surface area contributed by atoms with Crippen LogP contribution < -0.4 is 0 Å². The lowest BCUT2D eigenvalue weighted by Crippen LogP contribution is -2.47. The first kappa shape index (κ1) is 9.88. The average Bonchev–Trinajstić information content (AvgIpc) is 1.62. The lowest BCUT2D eigenvalue weighted by molar-refractivity contribution is -0.375. The van der Waals surface area contributed by atoms with Gasteiger partial charge in [0, 0.05) is 5.41 Å². The molecule has 0 unspecified atom stereocenters. The van der Waals surface area contributed by atoms with Crippen LogP contribution in [0.4, 0.5) is 0 Å². The summed E-state index contributed by atoms with van der Waals surface area (Å²) in [5.41, 5.74) is -0.896. The van der Waals surface area contributed by atoms with Crippen LogP contribution in [-0.4, -0.2) is 21.3 Å². The molecule has 0 fully saturated rings. The fourth-order valence-electron chi connectivity index (χ4n) is 0.387. The molecule has 0 saturated carbocycles. The molecule has 3 heteroatoms. The highest BCUT2D eigenvalue weighted by Gasteiger charge is 2.42. The van der Waals surface area contributed by atoms with E-state index >= 15 is 0 Å². The molecule has 10 heavy (non-hydrogen) atoms. The van der Waals surface area contributed by atoms with Gasteiger partial charge in [0.25, 0.3) is 5.97 Å². The van der Waals surface area contributed by atoms with Crippen molar-refractivity contribution in [3.05, 3.63) is 0 Å². The molecular weight excluding hydrogens is 132 g/mol. The highest BCUT2D eigenvalue weighted by Crippen LogP contribution is 2.34. The lowest BCUT2D eigenvalue weighted by atomic mass is 9.79. The van der Waals surface area contributed by atoms with Crippen molar-refractivity contribution in [1.29, 1.82) is 0 Å². The van der Waals surface area contributed by atoms with Crippen LogP contribution in [0.5, 0.6) is 0 Å². The Balaban J connectivity index is 4.40. The minimum atomic E-state index is -2.58. The molecular formula is C7H16O3. The maximum atomic E-state index is 8.83. The van der Waals surface area contributed by atoms with Crippen LogP contribution in [0.1, 0.15) is 27.7 Å². The Labute approximate surface area is 61.3 Å². The van der Waals surface area contributed by atoms with Crippen molar-refractivity contribution in [1.82, 2.24) is 0 Å². The maximum Gasteiger partial charge on any atom is 0.280 e. The molecule has 0 aromatic rings. The first-order chi connectivity index (χ1) is 4.19. The molecule has 62 valence electrons. The van der Waals surface area contributed by atoms with Crippen LogP contribution >= 0.6 is 0 Å². The van der Waals surface area contributed by atoms with Crippen molar-refractivity contribution in [3.63, 3.8) is 0 Å². The van der Waals surface area contributed by atoms with Crippen molar-refractivity contribution in [2.45, 2.75) is 33.7 Å². The van der Waals surface area contributed by atoms with Gasteiger partial charge in [0.2, 0.25) is 0 Å². The molecule has 0 radical (unpaired) electrons. The van der Waals surface area contributed by atoms with E-state index in [1.165, 1.54) is 0 Å². The van der Waals surface area contributed by atoms with Crippen molar-refractivity contribution in [3.8, 4) is 0 Å². The van der Waals surface area contributed by atoms with E-state index in [0.717, 1.165) is 0 Å². The van der Waals surface area contributed by atoms with E-state index in [9.17, 15) is 0 Å².